The number of hydrogen-bond donors (Lipinski definition) is 2. The third kappa shape index (κ3) is 4.60. The zero-order chi connectivity index (χ0) is 13.8. The molecule has 0 saturated heterocycles. The van der Waals surface area contributed by atoms with Gasteiger partial charge in [0.25, 0.3) is 0 Å². The summed E-state index contributed by atoms with van der Waals surface area (Å²) in [4.78, 5) is 2.40. The van der Waals surface area contributed by atoms with Gasteiger partial charge in [-0.2, -0.15) is 0 Å². The molecule has 2 rings (SSSR count). The van der Waals surface area contributed by atoms with Crippen molar-refractivity contribution in [1.29, 1.82) is 0 Å². The Morgan fingerprint density at radius 2 is 1.90 bits per heavy atom. The molecule has 0 radical (unpaired) electrons. The van der Waals surface area contributed by atoms with Gasteiger partial charge in [0.05, 0.1) is 5.69 Å². The van der Waals surface area contributed by atoms with Gasteiger partial charge in [-0.1, -0.05) is 35.2 Å². The van der Waals surface area contributed by atoms with Gasteiger partial charge in [-0.25, -0.2) is 0 Å². The van der Waals surface area contributed by atoms with Gasteiger partial charge in [0.2, 0.25) is 0 Å². The van der Waals surface area contributed by atoms with Crippen LogP contribution in [-0.4, -0.2) is 23.2 Å². The minimum Gasteiger partial charge on any atom is -0.299 e. The Morgan fingerprint density at radius 1 is 1.25 bits per heavy atom. The summed E-state index contributed by atoms with van der Waals surface area (Å²) in [6.45, 7) is 0.839. The van der Waals surface area contributed by atoms with E-state index in [0.29, 0.717) is 6.04 Å². The molecule has 2 N–H and O–H groups in total. The third-order valence-corrected chi connectivity index (χ3v) is 4.95. The highest BCUT2D eigenvalue weighted by atomic mass is 79.9. The van der Waals surface area contributed by atoms with Gasteiger partial charge < -0.3 is 0 Å². The zero-order valence-corrected chi connectivity index (χ0v) is 15.5. The molecule has 0 bridgehead atoms. The van der Waals surface area contributed by atoms with Crippen molar-refractivity contribution >= 4 is 50.0 Å². The summed E-state index contributed by atoms with van der Waals surface area (Å²) in [5, 5.41) is 9.30. The van der Waals surface area contributed by atoms with Crippen molar-refractivity contribution in [2.24, 2.45) is 0 Å². The molecule has 0 aliphatic heterocycles. The first kappa shape index (κ1) is 18.2. The Balaban J connectivity index is 0.00000200. The average molecular weight is 429 g/mol. The summed E-state index contributed by atoms with van der Waals surface area (Å²) >= 11 is 6.98. The molecule has 3 nitrogen and oxygen atoms in total. The third-order valence-electron chi connectivity index (χ3n) is 3.87. The molecular weight excluding hydrogens is 407 g/mol. The van der Waals surface area contributed by atoms with Gasteiger partial charge in [0.15, 0.2) is 0 Å². The summed E-state index contributed by atoms with van der Waals surface area (Å²) in [5.41, 5.74) is 4.15. The first-order chi connectivity index (χ1) is 9.11. The predicted octanol–water partition coefficient (Wildman–Crippen LogP) is 5.20. The van der Waals surface area contributed by atoms with Crippen molar-refractivity contribution in [2.75, 3.05) is 12.5 Å². The SMILES string of the molecule is CN(Cc1cc(Br)cc(Br)c1NO)C1CCCCC1.Cl. The molecule has 0 unspecified atom stereocenters. The molecule has 0 heterocycles. The van der Waals surface area contributed by atoms with Crippen LogP contribution in [0.1, 0.15) is 37.7 Å². The van der Waals surface area contributed by atoms with Crippen molar-refractivity contribution in [1.82, 2.24) is 4.90 Å². The molecule has 1 aromatic rings. The number of rotatable bonds is 4. The average Bonchev–Trinajstić information content (AvgIpc) is 2.39. The summed E-state index contributed by atoms with van der Waals surface area (Å²) in [5.74, 6) is 0. The van der Waals surface area contributed by atoms with Crippen LogP contribution in [0.2, 0.25) is 0 Å². The molecule has 1 aliphatic carbocycles. The van der Waals surface area contributed by atoms with E-state index in [0.717, 1.165) is 26.7 Å². The lowest BCUT2D eigenvalue weighted by molar-refractivity contribution is 0.184. The Morgan fingerprint density at radius 3 is 2.50 bits per heavy atom. The van der Waals surface area contributed by atoms with Crippen LogP contribution in [0.15, 0.2) is 21.1 Å². The Hall–Kier alpha value is 0.190. The van der Waals surface area contributed by atoms with Gasteiger partial charge in [-0.15, -0.1) is 12.4 Å². The summed E-state index contributed by atoms with van der Waals surface area (Å²) < 4.78 is 1.89. The first-order valence-electron chi connectivity index (χ1n) is 6.70. The van der Waals surface area contributed by atoms with Crippen LogP contribution < -0.4 is 5.48 Å². The van der Waals surface area contributed by atoms with Crippen LogP contribution in [0.4, 0.5) is 5.69 Å². The minimum absolute atomic E-state index is 0. The second-order valence-corrected chi connectivity index (χ2v) is 7.01. The van der Waals surface area contributed by atoms with E-state index in [1.807, 2.05) is 6.07 Å². The van der Waals surface area contributed by atoms with Crippen molar-refractivity contribution in [3.05, 3.63) is 26.6 Å². The first-order valence-corrected chi connectivity index (χ1v) is 8.28. The molecule has 6 heteroatoms. The van der Waals surface area contributed by atoms with Crippen LogP contribution in [0.5, 0.6) is 0 Å². The summed E-state index contributed by atoms with van der Waals surface area (Å²) in [6, 6.07) is 4.66. The standard InChI is InChI=1S/C14H20Br2N2O.ClH/c1-18(12-5-3-2-4-6-12)9-10-7-11(15)8-13(16)14(10)17-19;/h7-8,12,17,19H,2-6,9H2,1H3;1H. The lowest BCUT2D eigenvalue weighted by atomic mass is 9.94. The van der Waals surface area contributed by atoms with E-state index in [2.05, 4.69) is 55.4 Å². The van der Waals surface area contributed by atoms with Crippen LogP contribution >= 0.6 is 44.3 Å². The molecule has 0 amide bonds. The highest BCUT2D eigenvalue weighted by molar-refractivity contribution is 9.11. The van der Waals surface area contributed by atoms with Crippen molar-refractivity contribution in [3.8, 4) is 0 Å². The van der Waals surface area contributed by atoms with Gasteiger partial charge in [0.1, 0.15) is 0 Å². The molecule has 1 fully saturated rings. The molecule has 0 aromatic heterocycles. The zero-order valence-electron chi connectivity index (χ0n) is 11.5. The number of halogens is 3. The largest absolute Gasteiger partial charge is 0.299 e. The van der Waals surface area contributed by atoms with Gasteiger partial charge in [-0.3, -0.25) is 15.6 Å². The van der Waals surface area contributed by atoms with Crippen LogP contribution in [0.3, 0.4) is 0 Å². The van der Waals surface area contributed by atoms with E-state index in [1.54, 1.807) is 0 Å². The molecule has 0 spiro atoms. The minimum atomic E-state index is 0. The molecule has 1 saturated carbocycles. The normalized spacial score (nSPS) is 16.1. The highest BCUT2D eigenvalue weighted by Gasteiger charge is 2.19. The number of nitrogens with zero attached hydrogens (tertiary/aromatic N) is 1. The van der Waals surface area contributed by atoms with E-state index in [9.17, 15) is 5.21 Å². The lowest BCUT2D eigenvalue weighted by Gasteiger charge is -2.31. The molecule has 114 valence electrons. The smallest absolute Gasteiger partial charge is 0.0789 e. The lowest BCUT2D eigenvalue weighted by Crippen LogP contribution is -2.33. The van der Waals surface area contributed by atoms with Crippen molar-refractivity contribution < 1.29 is 5.21 Å². The quantitative estimate of drug-likeness (QED) is 0.647. The second-order valence-electron chi connectivity index (χ2n) is 5.24. The van der Waals surface area contributed by atoms with Crippen LogP contribution in [0, 0.1) is 0 Å². The molecule has 1 aromatic carbocycles. The fraction of sp³-hybridized carbons (Fsp3) is 0.571. The number of hydrogen-bond acceptors (Lipinski definition) is 3. The Bertz CT molecular complexity index is 439. The fourth-order valence-electron chi connectivity index (χ4n) is 2.80. The van der Waals surface area contributed by atoms with E-state index in [1.165, 1.54) is 32.1 Å². The summed E-state index contributed by atoms with van der Waals surface area (Å²) in [7, 11) is 2.17. The maximum atomic E-state index is 9.30. The summed E-state index contributed by atoms with van der Waals surface area (Å²) in [6.07, 6.45) is 6.61. The van der Waals surface area contributed by atoms with Crippen LogP contribution in [0.25, 0.3) is 0 Å². The second kappa shape index (κ2) is 8.59. The van der Waals surface area contributed by atoms with E-state index in [4.69, 9.17) is 0 Å². The topological polar surface area (TPSA) is 35.5 Å². The molecule has 20 heavy (non-hydrogen) atoms. The van der Waals surface area contributed by atoms with E-state index in [-0.39, 0.29) is 12.4 Å². The van der Waals surface area contributed by atoms with Crippen molar-refractivity contribution in [3.63, 3.8) is 0 Å². The Kier molecular flexibility index (Phi) is 7.83. The van der Waals surface area contributed by atoms with E-state index < -0.39 is 0 Å². The molecule has 0 atom stereocenters. The maximum absolute atomic E-state index is 9.30. The van der Waals surface area contributed by atoms with Crippen molar-refractivity contribution in [2.45, 2.75) is 44.7 Å². The highest BCUT2D eigenvalue weighted by Crippen LogP contribution is 2.32. The molecule has 1 aliphatic rings. The van der Waals surface area contributed by atoms with Crippen LogP contribution in [-0.2, 0) is 6.54 Å². The molecular formula is C14H21Br2ClN2O. The number of benzene rings is 1. The Labute approximate surface area is 143 Å². The monoisotopic (exact) mass is 426 g/mol. The van der Waals surface area contributed by atoms with Gasteiger partial charge in [-0.05, 0) is 53.5 Å². The van der Waals surface area contributed by atoms with Gasteiger partial charge in [0, 0.05) is 21.5 Å². The number of anilines is 1. The predicted molar refractivity (Wildman–Crippen MR) is 92.8 cm³/mol. The number of nitrogens with one attached hydrogen (secondary N) is 1. The van der Waals surface area contributed by atoms with E-state index >= 15 is 0 Å². The fourth-order valence-corrected chi connectivity index (χ4v) is 4.20. The van der Waals surface area contributed by atoms with Gasteiger partial charge >= 0.3 is 0 Å². The maximum Gasteiger partial charge on any atom is 0.0789 e.